The van der Waals surface area contributed by atoms with Crippen molar-refractivity contribution in [3.05, 3.63) is 39.4 Å². The van der Waals surface area contributed by atoms with Crippen molar-refractivity contribution in [2.24, 2.45) is 0 Å². The summed E-state index contributed by atoms with van der Waals surface area (Å²) in [6.07, 6.45) is 0.678. The molecular weight excluding hydrogens is 224 g/mol. The van der Waals surface area contributed by atoms with Gasteiger partial charge in [-0.2, -0.15) is 0 Å². The van der Waals surface area contributed by atoms with Crippen LogP contribution in [0.4, 0.5) is 5.69 Å². The van der Waals surface area contributed by atoms with Gasteiger partial charge in [0.25, 0.3) is 5.69 Å². The molecule has 1 heterocycles. The minimum absolute atomic E-state index is 0.0463. The van der Waals surface area contributed by atoms with Crippen molar-refractivity contribution >= 4 is 11.7 Å². The number of benzene rings is 1. The second kappa shape index (κ2) is 4.14. The number of hydrogen-bond acceptors (Lipinski definition) is 4. The van der Waals surface area contributed by atoms with Gasteiger partial charge in [-0.05, 0) is 24.5 Å². The van der Waals surface area contributed by atoms with Gasteiger partial charge in [-0.15, -0.1) is 0 Å². The van der Waals surface area contributed by atoms with E-state index < -0.39 is 16.9 Å². The first-order valence-electron chi connectivity index (χ1n) is 5.25. The van der Waals surface area contributed by atoms with Gasteiger partial charge in [0.15, 0.2) is 0 Å². The zero-order valence-electron chi connectivity index (χ0n) is 9.21. The molecule has 1 aromatic rings. The van der Waals surface area contributed by atoms with E-state index in [4.69, 9.17) is 5.11 Å². The number of carboxylic acid groups (broad SMARTS) is 1. The van der Waals surface area contributed by atoms with Gasteiger partial charge in [0, 0.05) is 18.2 Å². The smallest absolute Gasteiger partial charge is 0.325 e. The molecule has 0 saturated carbocycles. The molecule has 1 aliphatic rings. The maximum atomic E-state index is 11.1. The number of aliphatic carboxylic acids is 1. The largest absolute Gasteiger partial charge is 0.480 e. The second-order valence-corrected chi connectivity index (χ2v) is 4.18. The summed E-state index contributed by atoms with van der Waals surface area (Å²) < 4.78 is 0. The van der Waals surface area contributed by atoms with Gasteiger partial charge in [0.1, 0.15) is 6.04 Å². The lowest BCUT2D eigenvalue weighted by atomic mass is 9.90. The van der Waals surface area contributed by atoms with Crippen LogP contribution in [0.3, 0.4) is 0 Å². The monoisotopic (exact) mass is 236 g/mol. The summed E-state index contributed by atoms with van der Waals surface area (Å²) in [5.41, 5.74) is 1.27. The van der Waals surface area contributed by atoms with Crippen molar-refractivity contribution in [1.29, 1.82) is 0 Å². The summed E-state index contributed by atoms with van der Waals surface area (Å²) in [5, 5.41) is 22.7. The van der Waals surface area contributed by atoms with E-state index in [0.717, 1.165) is 5.56 Å². The number of nitro groups is 1. The number of fused-ring (bicyclic) bond motifs is 1. The molecule has 0 saturated heterocycles. The molecule has 0 aliphatic carbocycles. The Labute approximate surface area is 97.4 Å². The normalized spacial score (nSPS) is 22.9. The zero-order chi connectivity index (χ0) is 12.6. The lowest BCUT2D eigenvalue weighted by Crippen LogP contribution is -2.41. The van der Waals surface area contributed by atoms with Crippen LogP contribution in [0, 0.1) is 10.1 Å². The maximum Gasteiger partial charge on any atom is 0.325 e. The van der Waals surface area contributed by atoms with E-state index >= 15 is 0 Å². The van der Waals surface area contributed by atoms with Gasteiger partial charge in [0.05, 0.1) is 4.92 Å². The molecule has 1 aliphatic heterocycles. The summed E-state index contributed by atoms with van der Waals surface area (Å²) in [5.74, 6) is -1.02. The Bertz CT molecular complexity index is 486. The van der Waals surface area contributed by atoms with Crippen molar-refractivity contribution in [2.75, 3.05) is 0 Å². The Morgan fingerprint density at radius 3 is 2.88 bits per heavy atom. The maximum absolute atomic E-state index is 11.1. The van der Waals surface area contributed by atoms with Gasteiger partial charge >= 0.3 is 5.97 Å². The second-order valence-electron chi connectivity index (χ2n) is 4.18. The summed E-state index contributed by atoms with van der Waals surface area (Å²) in [4.78, 5) is 21.3. The van der Waals surface area contributed by atoms with E-state index in [1.165, 1.54) is 12.1 Å². The number of nitro benzene ring substituents is 1. The highest BCUT2D eigenvalue weighted by Gasteiger charge is 2.30. The Morgan fingerprint density at radius 2 is 2.29 bits per heavy atom. The summed E-state index contributed by atoms with van der Waals surface area (Å²) in [6.45, 7) is 1.89. The molecule has 1 aromatic carbocycles. The average Bonchev–Trinajstić information content (AvgIpc) is 2.26. The first kappa shape index (κ1) is 11.5. The Balaban J connectivity index is 2.49. The molecule has 90 valence electrons. The highest BCUT2D eigenvalue weighted by atomic mass is 16.6. The molecule has 6 nitrogen and oxygen atoms in total. The topological polar surface area (TPSA) is 92.5 Å². The quantitative estimate of drug-likeness (QED) is 0.595. The van der Waals surface area contributed by atoms with E-state index in [9.17, 15) is 14.9 Å². The summed E-state index contributed by atoms with van der Waals surface area (Å²) >= 11 is 0. The van der Waals surface area contributed by atoms with Crippen molar-refractivity contribution in [2.45, 2.75) is 25.4 Å². The van der Waals surface area contributed by atoms with Crippen molar-refractivity contribution in [3.8, 4) is 0 Å². The number of hydrogen-bond donors (Lipinski definition) is 2. The number of non-ortho nitro benzene ring substituents is 1. The molecule has 2 atom stereocenters. The predicted molar refractivity (Wildman–Crippen MR) is 59.8 cm³/mol. The van der Waals surface area contributed by atoms with E-state index in [-0.39, 0.29) is 11.7 Å². The first-order chi connectivity index (χ1) is 7.99. The molecule has 0 aromatic heterocycles. The minimum atomic E-state index is -1.02. The van der Waals surface area contributed by atoms with Crippen molar-refractivity contribution in [3.63, 3.8) is 0 Å². The lowest BCUT2D eigenvalue weighted by Gasteiger charge is -2.28. The van der Waals surface area contributed by atoms with Crippen LogP contribution in [0.1, 0.15) is 24.1 Å². The molecule has 0 amide bonds. The standard InChI is InChI=1S/C11H12N2O4/c1-6-4-7-2-3-8(13(16)17)5-9(7)10(12-6)11(14)15/h2-3,5-6,10,12H,4H2,1H3,(H,14,15)/t6-,10?/m0/s1. The first-order valence-corrected chi connectivity index (χ1v) is 5.25. The van der Waals surface area contributed by atoms with Gasteiger partial charge in [0.2, 0.25) is 0 Å². The van der Waals surface area contributed by atoms with Gasteiger partial charge in [-0.1, -0.05) is 6.07 Å². The molecule has 0 bridgehead atoms. The van der Waals surface area contributed by atoms with Crippen LogP contribution in [0.15, 0.2) is 18.2 Å². The highest BCUT2D eigenvalue weighted by molar-refractivity contribution is 5.77. The number of nitrogens with zero attached hydrogens (tertiary/aromatic N) is 1. The van der Waals surface area contributed by atoms with E-state index in [0.29, 0.717) is 12.0 Å². The zero-order valence-corrected chi connectivity index (χ0v) is 9.21. The molecule has 0 spiro atoms. The molecular formula is C11H12N2O4. The molecule has 1 unspecified atom stereocenters. The number of carboxylic acids is 1. The molecule has 6 heteroatoms. The predicted octanol–water partition coefficient (Wildman–Crippen LogP) is 1.25. The third-order valence-corrected chi connectivity index (χ3v) is 2.88. The van der Waals surface area contributed by atoms with Crippen LogP contribution in [0.5, 0.6) is 0 Å². The van der Waals surface area contributed by atoms with Gasteiger partial charge in [-0.25, -0.2) is 0 Å². The summed E-state index contributed by atoms with van der Waals surface area (Å²) in [6, 6.07) is 3.57. The number of carbonyl (C=O) groups is 1. The molecule has 17 heavy (non-hydrogen) atoms. The Morgan fingerprint density at radius 1 is 1.59 bits per heavy atom. The van der Waals surface area contributed by atoms with Crippen LogP contribution >= 0.6 is 0 Å². The lowest BCUT2D eigenvalue weighted by molar-refractivity contribution is -0.385. The van der Waals surface area contributed by atoms with Crippen LogP contribution in [0.25, 0.3) is 0 Å². The minimum Gasteiger partial charge on any atom is -0.480 e. The van der Waals surface area contributed by atoms with Crippen molar-refractivity contribution < 1.29 is 14.8 Å². The fourth-order valence-electron chi connectivity index (χ4n) is 2.12. The van der Waals surface area contributed by atoms with Crippen molar-refractivity contribution in [1.82, 2.24) is 5.32 Å². The van der Waals surface area contributed by atoms with Gasteiger partial charge in [-0.3, -0.25) is 20.2 Å². The molecule has 0 fully saturated rings. The van der Waals surface area contributed by atoms with Crippen LogP contribution in [-0.2, 0) is 11.2 Å². The fraction of sp³-hybridized carbons (Fsp3) is 0.364. The molecule has 2 N–H and O–H groups in total. The fourth-order valence-corrected chi connectivity index (χ4v) is 2.12. The number of nitrogens with one attached hydrogen (secondary N) is 1. The molecule has 2 rings (SSSR count). The van der Waals surface area contributed by atoms with Gasteiger partial charge < -0.3 is 5.11 Å². The van der Waals surface area contributed by atoms with E-state index in [2.05, 4.69) is 5.32 Å². The molecule has 0 radical (unpaired) electrons. The van der Waals surface area contributed by atoms with E-state index in [1.807, 2.05) is 6.92 Å². The summed E-state index contributed by atoms with van der Waals surface area (Å²) in [7, 11) is 0. The van der Waals surface area contributed by atoms with E-state index in [1.54, 1.807) is 6.07 Å². The van der Waals surface area contributed by atoms with Crippen LogP contribution in [0.2, 0.25) is 0 Å². The number of rotatable bonds is 2. The van der Waals surface area contributed by atoms with Crippen LogP contribution in [-0.4, -0.2) is 22.0 Å². The van der Waals surface area contributed by atoms with Crippen LogP contribution < -0.4 is 5.32 Å². The SMILES string of the molecule is C[C@H]1Cc2ccc([N+](=O)[O-])cc2C(C(=O)O)N1. The highest BCUT2D eigenvalue weighted by Crippen LogP contribution is 2.29. The average molecular weight is 236 g/mol. The third kappa shape index (κ3) is 2.12. The Hall–Kier alpha value is -1.95. The third-order valence-electron chi connectivity index (χ3n) is 2.88. The Kier molecular flexibility index (Phi) is 2.81.